The first-order chi connectivity index (χ1) is 13.8. The van der Waals surface area contributed by atoms with Gasteiger partial charge in [0.15, 0.2) is 0 Å². The van der Waals surface area contributed by atoms with Crippen LogP contribution in [0.15, 0.2) is 54.7 Å². The van der Waals surface area contributed by atoms with Gasteiger partial charge in [0.05, 0.1) is 25.0 Å². The Bertz CT molecular complexity index is 1040. The van der Waals surface area contributed by atoms with Crippen molar-refractivity contribution in [3.05, 3.63) is 71.8 Å². The Labute approximate surface area is 165 Å². The van der Waals surface area contributed by atoms with Crippen molar-refractivity contribution in [3.63, 3.8) is 0 Å². The highest BCUT2D eigenvalue weighted by molar-refractivity contribution is 5.89. The molecular formula is C21H19F3N4O. The number of fused-ring (bicyclic) bond motifs is 1. The van der Waals surface area contributed by atoms with Crippen molar-refractivity contribution in [1.29, 1.82) is 0 Å². The third-order valence-electron chi connectivity index (χ3n) is 4.93. The molecule has 0 saturated carbocycles. The van der Waals surface area contributed by atoms with Crippen LogP contribution in [0.4, 0.5) is 23.7 Å². The summed E-state index contributed by atoms with van der Waals surface area (Å²) >= 11 is 0. The van der Waals surface area contributed by atoms with Crippen molar-refractivity contribution >= 4 is 11.7 Å². The highest BCUT2D eigenvalue weighted by atomic mass is 19.3. The van der Waals surface area contributed by atoms with Gasteiger partial charge in [-0.2, -0.15) is 5.10 Å². The summed E-state index contributed by atoms with van der Waals surface area (Å²) in [5.74, 6) is -3.31. The van der Waals surface area contributed by atoms with E-state index in [4.69, 9.17) is 0 Å². The number of carbonyl (C=O) groups is 1. The van der Waals surface area contributed by atoms with Gasteiger partial charge in [-0.15, -0.1) is 0 Å². The minimum Gasteiger partial charge on any atom is -0.317 e. The summed E-state index contributed by atoms with van der Waals surface area (Å²) in [4.78, 5) is 14.3. The van der Waals surface area contributed by atoms with E-state index in [2.05, 4.69) is 10.4 Å². The Hall–Kier alpha value is -3.29. The number of halogens is 3. The molecule has 0 fully saturated rings. The summed E-state index contributed by atoms with van der Waals surface area (Å²) in [7, 11) is 0. The number of carbonyl (C=O) groups excluding carboxylic acids is 1. The highest BCUT2D eigenvalue weighted by Crippen LogP contribution is 2.30. The van der Waals surface area contributed by atoms with E-state index in [0.717, 1.165) is 23.7 Å². The number of benzene rings is 2. The normalized spacial score (nSPS) is 13.9. The molecule has 1 aliphatic heterocycles. The standard InChI is InChI=1S/C21H19F3N4O/c1-21(23,24)15-3-2-4-17(11-15)26-20(29)27-9-10-28-19(13-27)18(12-25-28)14-5-7-16(22)8-6-14/h2-8,11-12H,9-10,13H2,1H3,(H,26,29). The van der Waals surface area contributed by atoms with E-state index in [1.807, 2.05) is 4.68 Å². The van der Waals surface area contributed by atoms with Crippen LogP contribution in [-0.2, 0) is 19.0 Å². The molecular weight excluding hydrogens is 381 g/mol. The fourth-order valence-electron chi connectivity index (χ4n) is 3.36. The lowest BCUT2D eigenvalue weighted by molar-refractivity contribution is 0.0175. The number of amides is 2. The summed E-state index contributed by atoms with van der Waals surface area (Å²) in [5.41, 5.74) is 2.63. The second-order valence-corrected chi connectivity index (χ2v) is 7.06. The molecule has 29 heavy (non-hydrogen) atoms. The van der Waals surface area contributed by atoms with Gasteiger partial charge in [0.25, 0.3) is 5.92 Å². The molecule has 1 N–H and O–H groups in total. The molecule has 0 radical (unpaired) electrons. The number of nitrogens with zero attached hydrogens (tertiary/aromatic N) is 3. The molecule has 0 spiro atoms. The Morgan fingerprint density at radius 2 is 1.90 bits per heavy atom. The number of urea groups is 1. The second kappa shape index (κ2) is 7.27. The molecule has 0 unspecified atom stereocenters. The first kappa shape index (κ1) is 19.0. The van der Waals surface area contributed by atoms with Crippen molar-refractivity contribution in [2.75, 3.05) is 11.9 Å². The molecule has 1 aromatic heterocycles. The number of hydrogen-bond acceptors (Lipinski definition) is 2. The quantitative estimate of drug-likeness (QED) is 0.683. The summed E-state index contributed by atoms with van der Waals surface area (Å²) in [5, 5.41) is 7.04. The molecule has 0 saturated heterocycles. The van der Waals surface area contributed by atoms with Crippen LogP contribution in [0.2, 0.25) is 0 Å². The molecule has 2 amide bonds. The number of alkyl halides is 2. The topological polar surface area (TPSA) is 50.2 Å². The second-order valence-electron chi connectivity index (χ2n) is 7.06. The summed E-state index contributed by atoms with van der Waals surface area (Å²) in [6.45, 7) is 2.07. The number of aromatic nitrogens is 2. The monoisotopic (exact) mass is 400 g/mol. The van der Waals surface area contributed by atoms with Crippen molar-refractivity contribution < 1.29 is 18.0 Å². The molecule has 0 aliphatic carbocycles. The molecule has 1 aliphatic rings. The van der Waals surface area contributed by atoms with Crippen molar-refractivity contribution in [1.82, 2.24) is 14.7 Å². The van der Waals surface area contributed by atoms with Gasteiger partial charge >= 0.3 is 6.03 Å². The largest absolute Gasteiger partial charge is 0.322 e. The smallest absolute Gasteiger partial charge is 0.317 e. The van der Waals surface area contributed by atoms with Crippen LogP contribution in [0.5, 0.6) is 0 Å². The molecule has 0 atom stereocenters. The molecule has 8 heteroatoms. The predicted octanol–water partition coefficient (Wildman–Crippen LogP) is 4.85. The first-order valence-electron chi connectivity index (χ1n) is 9.16. The van der Waals surface area contributed by atoms with Crippen molar-refractivity contribution in [2.24, 2.45) is 0 Å². The molecule has 2 heterocycles. The third-order valence-corrected chi connectivity index (χ3v) is 4.93. The van der Waals surface area contributed by atoms with Crippen LogP contribution in [-0.4, -0.2) is 27.3 Å². The first-order valence-corrected chi connectivity index (χ1v) is 9.16. The predicted molar refractivity (Wildman–Crippen MR) is 103 cm³/mol. The van der Waals surface area contributed by atoms with Gasteiger partial charge in [-0.1, -0.05) is 24.3 Å². The average molecular weight is 400 g/mol. The number of nitrogens with one attached hydrogen (secondary N) is 1. The van der Waals surface area contributed by atoms with E-state index in [0.29, 0.717) is 25.3 Å². The fraction of sp³-hybridized carbons (Fsp3) is 0.238. The molecule has 4 rings (SSSR count). The van der Waals surface area contributed by atoms with Gasteiger partial charge in [-0.05, 0) is 29.8 Å². The SMILES string of the molecule is CC(F)(F)c1cccc(NC(=O)N2CCn3ncc(-c4ccc(F)cc4)c3C2)c1. The zero-order valence-electron chi connectivity index (χ0n) is 15.7. The minimum absolute atomic E-state index is 0.161. The lowest BCUT2D eigenvalue weighted by atomic mass is 10.1. The average Bonchev–Trinajstić information content (AvgIpc) is 3.11. The van der Waals surface area contributed by atoms with E-state index in [-0.39, 0.29) is 17.4 Å². The maximum atomic E-state index is 13.5. The van der Waals surface area contributed by atoms with Crippen LogP contribution in [0.3, 0.4) is 0 Å². The maximum Gasteiger partial charge on any atom is 0.322 e. The number of rotatable bonds is 3. The minimum atomic E-state index is -2.98. The molecule has 150 valence electrons. The molecule has 3 aromatic rings. The molecule has 5 nitrogen and oxygen atoms in total. The van der Waals surface area contributed by atoms with Crippen LogP contribution < -0.4 is 5.32 Å². The molecule has 0 bridgehead atoms. The summed E-state index contributed by atoms with van der Waals surface area (Å²) < 4.78 is 42.1. The Morgan fingerprint density at radius 3 is 2.62 bits per heavy atom. The zero-order chi connectivity index (χ0) is 20.6. The van der Waals surface area contributed by atoms with E-state index >= 15 is 0 Å². The highest BCUT2D eigenvalue weighted by Gasteiger charge is 2.26. The van der Waals surface area contributed by atoms with E-state index in [1.165, 1.54) is 30.3 Å². The van der Waals surface area contributed by atoms with E-state index in [9.17, 15) is 18.0 Å². The Kier molecular flexibility index (Phi) is 4.77. The number of anilines is 1. The number of hydrogen-bond donors (Lipinski definition) is 1. The van der Waals surface area contributed by atoms with Gasteiger partial charge in [0, 0.05) is 30.3 Å². The van der Waals surface area contributed by atoms with E-state index in [1.54, 1.807) is 29.3 Å². The Balaban J connectivity index is 1.52. The Morgan fingerprint density at radius 1 is 1.14 bits per heavy atom. The van der Waals surface area contributed by atoms with Gasteiger partial charge in [-0.25, -0.2) is 18.0 Å². The molecule has 2 aromatic carbocycles. The zero-order valence-corrected chi connectivity index (χ0v) is 15.7. The summed E-state index contributed by atoms with van der Waals surface area (Å²) in [6, 6.07) is 11.4. The van der Waals surface area contributed by atoms with Crippen LogP contribution in [0.1, 0.15) is 18.2 Å². The van der Waals surface area contributed by atoms with Crippen LogP contribution >= 0.6 is 0 Å². The van der Waals surface area contributed by atoms with Crippen LogP contribution in [0.25, 0.3) is 11.1 Å². The van der Waals surface area contributed by atoms with Gasteiger partial charge in [0.2, 0.25) is 0 Å². The van der Waals surface area contributed by atoms with Gasteiger partial charge in [-0.3, -0.25) is 4.68 Å². The van der Waals surface area contributed by atoms with Crippen molar-refractivity contribution in [3.8, 4) is 11.1 Å². The summed E-state index contributed by atoms with van der Waals surface area (Å²) in [6.07, 6.45) is 1.71. The fourth-order valence-corrected chi connectivity index (χ4v) is 3.36. The van der Waals surface area contributed by atoms with Gasteiger partial charge < -0.3 is 10.2 Å². The third kappa shape index (κ3) is 3.96. The van der Waals surface area contributed by atoms with Crippen LogP contribution in [0, 0.1) is 5.82 Å². The van der Waals surface area contributed by atoms with Crippen molar-refractivity contribution in [2.45, 2.75) is 25.9 Å². The maximum absolute atomic E-state index is 13.5. The van der Waals surface area contributed by atoms with E-state index < -0.39 is 5.92 Å². The lowest BCUT2D eigenvalue weighted by Gasteiger charge is -2.28. The lowest BCUT2D eigenvalue weighted by Crippen LogP contribution is -2.41. The van der Waals surface area contributed by atoms with Gasteiger partial charge in [0.1, 0.15) is 5.82 Å².